The number of halogens is 1. The number of anilines is 1. The van der Waals surface area contributed by atoms with Gasteiger partial charge in [-0.25, -0.2) is 0 Å². The van der Waals surface area contributed by atoms with Gasteiger partial charge in [0, 0.05) is 15.6 Å². The van der Waals surface area contributed by atoms with Crippen LogP contribution in [0.3, 0.4) is 0 Å². The van der Waals surface area contributed by atoms with E-state index in [4.69, 9.17) is 11.6 Å². The van der Waals surface area contributed by atoms with Gasteiger partial charge in [-0.15, -0.1) is 11.8 Å². The highest BCUT2D eigenvalue weighted by Crippen LogP contribution is 2.27. The number of thioether (sulfide) groups is 1. The van der Waals surface area contributed by atoms with E-state index >= 15 is 0 Å². The molecular weight excluding hydrogens is 314 g/mol. The highest BCUT2D eigenvalue weighted by molar-refractivity contribution is 8.00. The van der Waals surface area contributed by atoms with Crippen LogP contribution < -0.4 is 5.32 Å². The monoisotopic (exact) mass is 333 g/mol. The Morgan fingerprint density at radius 2 is 1.82 bits per heavy atom. The van der Waals surface area contributed by atoms with Crippen molar-refractivity contribution in [3.05, 3.63) is 58.6 Å². The number of aryl methyl sites for hydroxylation is 2. The Morgan fingerprint density at radius 1 is 1.14 bits per heavy atom. The maximum atomic E-state index is 12.5. The summed E-state index contributed by atoms with van der Waals surface area (Å²) in [6, 6.07) is 13.6. The van der Waals surface area contributed by atoms with Crippen LogP contribution in [0.5, 0.6) is 0 Å². The summed E-state index contributed by atoms with van der Waals surface area (Å²) in [5.74, 6) is 0.0331. The molecular formula is C18H20ClNOS. The van der Waals surface area contributed by atoms with E-state index in [1.165, 1.54) is 11.1 Å². The quantitative estimate of drug-likeness (QED) is 0.735. The van der Waals surface area contributed by atoms with E-state index in [2.05, 4.69) is 12.2 Å². The molecule has 0 saturated heterocycles. The Kier molecular flexibility index (Phi) is 5.92. The van der Waals surface area contributed by atoms with E-state index in [-0.39, 0.29) is 11.2 Å². The second-order valence-corrected chi connectivity index (χ2v) is 6.97. The van der Waals surface area contributed by atoms with Gasteiger partial charge in [-0.3, -0.25) is 4.79 Å². The summed E-state index contributed by atoms with van der Waals surface area (Å²) in [4.78, 5) is 13.5. The molecule has 0 heterocycles. The standard InChI is InChI=1S/C18H20ClNOS/c1-4-17(22-16-9-6-14(19)7-10-16)18(21)20-15-8-5-12(2)13(3)11-15/h5-11,17H,4H2,1-3H3,(H,20,21)/t17-/m0/s1. The number of hydrogen-bond donors (Lipinski definition) is 1. The highest BCUT2D eigenvalue weighted by Gasteiger charge is 2.18. The maximum absolute atomic E-state index is 12.5. The number of nitrogens with one attached hydrogen (secondary N) is 1. The third-order valence-corrected chi connectivity index (χ3v) is 5.16. The molecule has 2 rings (SSSR count). The fourth-order valence-electron chi connectivity index (χ4n) is 2.04. The first-order valence-electron chi connectivity index (χ1n) is 7.30. The van der Waals surface area contributed by atoms with E-state index in [9.17, 15) is 4.79 Å². The molecule has 0 aliphatic rings. The molecule has 2 aromatic carbocycles. The van der Waals surface area contributed by atoms with Crippen molar-refractivity contribution in [2.24, 2.45) is 0 Å². The van der Waals surface area contributed by atoms with Crippen LogP contribution in [0.25, 0.3) is 0 Å². The van der Waals surface area contributed by atoms with Crippen molar-refractivity contribution in [3.8, 4) is 0 Å². The van der Waals surface area contributed by atoms with Gasteiger partial charge in [0.15, 0.2) is 0 Å². The van der Waals surface area contributed by atoms with E-state index < -0.39 is 0 Å². The van der Waals surface area contributed by atoms with Crippen LogP contribution in [0, 0.1) is 13.8 Å². The molecule has 1 N–H and O–H groups in total. The van der Waals surface area contributed by atoms with E-state index in [0.717, 1.165) is 17.0 Å². The normalized spacial score (nSPS) is 12.0. The van der Waals surface area contributed by atoms with Gasteiger partial charge in [0.05, 0.1) is 5.25 Å². The minimum absolute atomic E-state index is 0.0331. The SMILES string of the molecule is CC[C@H](Sc1ccc(Cl)cc1)C(=O)Nc1ccc(C)c(C)c1. The molecule has 0 fully saturated rings. The van der Waals surface area contributed by atoms with Crippen molar-refractivity contribution in [1.82, 2.24) is 0 Å². The molecule has 0 radical (unpaired) electrons. The number of hydrogen-bond acceptors (Lipinski definition) is 2. The third-order valence-electron chi connectivity index (χ3n) is 3.53. The fraction of sp³-hybridized carbons (Fsp3) is 0.278. The first-order valence-corrected chi connectivity index (χ1v) is 8.55. The molecule has 2 nitrogen and oxygen atoms in total. The Labute approximate surface area is 141 Å². The van der Waals surface area contributed by atoms with Crippen LogP contribution in [0.1, 0.15) is 24.5 Å². The van der Waals surface area contributed by atoms with Gasteiger partial charge in [-0.05, 0) is 67.8 Å². The first kappa shape index (κ1) is 16.9. The Hall–Kier alpha value is -1.45. The minimum Gasteiger partial charge on any atom is -0.325 e. The Morgan fingerprint density at radius 3 is 2.41 bits per heavy atom. The molecule has 2 aromatic rings. The van der Waals surface area contributed by atoms with Gasteiger partial charge in [0.1, 0.15) is 0 Å². The highest BCUT2D eigenvalue weighted by atomic mass is 35.5. The van der Waals surface area contributed by atoms with Crippen molar-refractivity contribution >= 4 is 35.0 Å². The molecule has 0 aliphatic heterocycles. The van der Waals surface area contributed by atoms with Crippen LogP contribution in [-0.2, 0) is 4.79 Å². The predicted molar refractivity (Wildman–Crippen MR) is 95.9 cm³/mol. The summed E-state index contributed by atoms with van der Waals surface area (Å²) in [6.07, 6.45) is 0.768. The molecule has 22 heavy (non-hydrogen) atoms. The molecule has 0 aromatic heterocycles. The molecule has 0 unspecified atom stereocenters. The Bertz CT molecular complexity index is 655. The average molecular weight is 334 g/mol. The third kappa shape index (κ3) is 4.52. The van der Waals surface area contributed by atoms with Gasteiger partial charge < -0.3 is 5.32 Å². The van der Waals surface area contributed by atoms with E-state index in [0.29, 0.717) is 5.02 Å². The molecule has 0 spiro atoms. The molecule has 0 bridgehead atoms. The van der Waals surface area contributed by atoms with E-state index in [1.54, 1.807) is 11.8 Å². The van der Waals surface area contributed by atoms with Crippen molar-refractivity contribution in [2.45, 2.75) is 37.3 Å². The summed E-state index contributed by atoms with van der Waals surface area (Å²) in [7, 11) is 0. The fourth-order valence-corrected chi connectivity index (χ4v) is 3.12. The summed E-state index contributed by atoms with van der Waals surface area (Å²) < 4.78 is 0. The average Bonchev–Trinajstić information content (AvgIpc) is 2.50. The lowest BCUT2D eigenvalue weighted by molar-refractivity contribution is -0.115. The van der Waals surface area contributed by atoms with Crippen molar-refractivity contribution in [3.63, 3.8) is 0 Å². The van der Waals surface area contributed by atoms with Gasteiger partial charge >= 0.3 is 0 Å². The number of carbonyl (C=O) groups excluding carboxylic acids is 1. The van der Waals surface area contributed by atoms with Crippen molar-refractivity contribution in [1.29, 1.82) is 0 Å². The lowest BCUT2D eigenvalue weighted by atomic mass is 10.1. The Balaban J connectivity index is 2.04. The topological polar surface area (TPSA) is 29.1 Å². The van der Waals surface area contributed by atoms with Gasteiger partial charge in [-0.2, -0.15) is 0 Å². The van der Waals surface area contributed by atoms with Gasteiger partial charge in [0.25, 0.3) is 0 Å². The summed E-state index contributed by atoms with van der Waals surface area (Å²) in [5, 5.41) is 3.59. The number of carbonyl (C=O) groups is 1. The molecule has 4 heteroatoms. The molecule has 0 saturated carbocycles. The van der Waals surface area contributed by atoms with Crippen molar-refractivity contribution < 1.29 is 4.79 Å². The number of benzene rings is 2. The van der Waals surface area contributed by atoms with Crippen LogP contribution in [0.4, 0.5) is 5.69 Å². The molecule has 116 valence electrons. The molecule has 1 amide bonds. The zero-order valence-electron chi connectivity index (χ0n) is 13.0. The second kappa shape index (κ2) is 7.70. The minimum atomic E-state index is -0.122. The molecule has 0 aliphatic carbocycles. The predicted octanol–water partition coefficient (Wildman–Crippen LogP) is 5.47. The lowest BCUT2D eigenvalue weighted by Crippen LogP contribution is -2.24. The van der Waals surface area contributed by atoms with Crippen LogP contribution >= 0.6 is 23.4 Å². The zero-order valence-corrected chi connectivity index (χ0v) is 14.6. The van der Waals surface area contributed by atoms with Gasteiger partial charge in [-0.1, -0.05) is 24.6 Å². The second-order valence-electron chi connectivity index (χ2n) is 5.26. The summed E-state index contributed by atoms with van der Waals surface area (Å²) in [5.41, 5.74) is 3.25. The molecule has 1 atom stereocenters. The van der Waals surface area contributed by atoms with Crippen LogP contribution in [0.15, 0.2) is 47.4 Å². The summed E-state index contributed by atoms with van der Waals surface area (Å²) >= 11 is 7.45. The van der Waals surface area contributed by atoms with Crippen LogP contribution in [-0.4, -0.2) is 11.2 Å². The van der Waals surface area contributed by atoms with Crippen molar-refractivity contribution in [2.75, 3.05) is 5.32 Å². The lowest BCUT2D eigenvalue weighted by Gasteiger charge is -2.15. The largest absolute Gasteiger partial charge is 0.325 e. The smallest absolute Gasteiger partial charge is 0.237 e. The van der Waals surface area contributed by atoms with E-state index in [1.807, 2.05) is 56.3 Å². The van der Waals surface area contributed by atoms with Gasteiger partial charge in [0.2, 0.25) is 5.91 Å². The summed E-state index contributed by atoms with van der Waals surface area (Å²) in [6.45, 7) is 6.13. The maximum Gasteiger partial charge on any atom is 0.237 e. The first-order chi connectivity index (χ1) is 10.5. The number of amides is 1. The zero-order chi connectivity index (χ0) is 16.1. The number of rotatable bonds is 5. The van der Waals surface area contributed by atoms with Crippen LogP contribution in [0.2, 0.25) is 5.02 Å².